The molecule has 1 aromatic rings. The molecule has 0 bridgehead atoms. The van der Waals surface area contributed by atoms with E-state index in [0.29, 0.717) is 0 Å². The normalized spacial score (nSPS) is 9.92. The number of aromatic nitrogens is 2. The van der Waals surface area contributed by atoms with Crippen LogP contribution in [-0.4, -0.2) is 35.0 Å². The van der Waals surface area contributed by atoms with Crippen LogP contribution in [-0.2, 0) is 6.54 Å². The van der Waals surface area contributed by atoms with Gasteiger partial charge in [-0.15, -0.1) is 0 Å². The zero-order valence-electron chi connectivity index (χ0n) is 6.94. The highest BCUT2D eigenvalue weighted by Crippen LogP contribution is 1.97. The van der Waals surface area contributed by atoms with E-state index in [-0.39, 0.29) is 24.2 Å². The van der Waals surface area contributed by atoms with E-state index in [1.165, 1.54) is 4.90 Å². The maximum atomic E-state index is 11.2. The van der Waals surface area contributed by atoms with E-state index in [1.807, 2.05) is 0 Å². The van der Waals surface area contributed by atoms with Gasteiger partial charge < -0.3 is 15.2 Å². The molecule has 0 radical (unpaired) electrons. The fraction of sp³-hybridized carbons (Fsp3) is 0.500. The number of amides is 1. The first kappa shape index (κ1) is 8.66. The summed E-state index contributed by atoms with van der Waals surface area (Å²) in [7, 11) is 3.22. The van der Waals surface area contributed by atoms with Crippen molar-refractivity contribution < 1.29 is 9.32 Å². The molecule has 0 atom stereocenters. The molecule has 0 unspecified atom stereocenters. The van der Waals surface area contributed by atoms with Crippen LogP contribution < -0.4 is 5.73 Å². The van der Waals surface area contributed by atoms with E-state index >= 15 is 0 Å². The van der Waals surface area contributed by atoms with Crippen LogP contribution in [0.3, 0.4) is 0 Å². The molecular formula is C6H10N4O2. The van der Waals surface area contributed by atoms with E-state index in [1.54, 1.807) is 14.1 Å². The number of nitrogens with two attached hydrogens (primary N) is 1. The molecular weight excluding hydrogens is 160 g/mol. The lowest BCUT2D eigenvalue weighted by Crippen LogP contribution is -2.22. The fourth-order valence-corrected chi connectivity index (χ4v) is 0.625. The van der Waals surface area contributed by atoms with Crippen LogP contribution in [0.25, 0.3) is 0 Å². The van der Waals surface area contributed by atoms with Crippen LogP contribution in [0.2, 0.25) is 0 Å². The molecule has 1 aromatic heterocycles. The van der Waals surface area contributed by atoms with Gasteiger partial charge in [-0.2, -0.15) is 4.98 Å². The molecule has 0 aliphatic carbocycles. The SMILES string of the molecule is CN(C)C(=O)c1noc(CN)n1. The molecule has 1 heterocycles. The fourth-order valence-electron chi connectivity index (χ4n) is 0.625. The minimum Gasteiger partial charge on any atom is -0.342 e. The molecule has 0 saturated heterocycles. The third-order valence-corrected chi connectivity index (χ3v) is 1.24. The summed E-state index contributed by atoms with van der Waals surface area (Å²) in [5, 5.41) is 3.45. The Morgan fingerprint density at radius 3 is 2.75 bits per heavy atom. The molecule has 12 heavy (non-hydrogen) atoms. The molecule has 0 aliphatic rings. The van der Waals surface area contributed by atoms with E-state index < -0.39 is 0 Å². The molecule has 0 aromatic carbocycles. The van der Waals surface area contributed by atoms with Crippen LogP contribution in [0.4, 0.5) is 0 Å². The summed E-state index contributed by atoms with van der Waals surface area (Å²) >= 11 is 0. The van der Waals surface area contributed by atoms with Crippen molar-refractivity contribution in [1.29, 1.82) is 0 Å². The van der Waals surface area contributed by atoms with Crippen molar-refractivity contribution >= 4 is 5.91 Å². The maximum Gasteiger partial charge on any atom is 0.294 e. The summed E-state index contributed by atoms with van der Waals surface area (Å²) in [6.07, 6.45) is 0. The molecule has 0 spiro atoms. The highest BCUT2D eigenvalue weighted by atomic mass is 16.5. The van der Waals surface area contributed by atoms with E-state index in [4.69, 9.17) is 5.73 Å². The van der Waals surface area contributed by atoms with Crippen LogP contribution in [0.15, 0.2) is 4.52 Å². The van der Waals surface area contributed by atoms with Gasteiger partial charge in [0, 0.05) is 14.1 Å². The second-order valence-electron chi connectivity index (χ2n) is 2.42. The monoisotopic (exact) mass is 170 g/mol. The van der Waals surface area contributed by atoms with Gasteiger partial charge in [-0.05, 0) is 0 Å². The number of hydrogen-bond acceptors (Lipinski definition) is 5. The molecule has 2 N–H and O–H groups in total. The zero-order valence-corrected chi connectivity index (χ0v) is 6.94. The van der Waals surface area contributed by atoms with Gasteiger partial charge in [0.2, 0.25) is 5.89 Å². The average molecular weight is 170 g/mol. The second kappa shape index (κ2) is 3.31. The van der Waals surface area contributed by atoms with Crippen LogP contribution >= 0.6 is 0 Å². The summed E-state index contributed by atoms with van der Waals surface area (Å²) in [5.41, 5.74) is 5.22. The molecule has 0 fully saturated rings. The van der Waals surface area contributed by atoms with Crippen molar-refractivity contribution in [2.75, 3.05) is 14.1 Å². The first-order chi connectivity index (χ1) is 5.65. The van der Waals surface area contributed by atoms with E-state index in [9.17, 15) is 4.79 Å². The molecule has 6 heteroatoms. The zero-order chi connectivity index (χ0) is 9.14. The predicted molar refractivity (Wildman–Crippen MR) is 40.2 cm³/mol. The summed E-state index contributed by atoms with van der Waals surface area (Å²) in [4.78, 5) is 16.3. The number of hydrogen-bond donors (Lipinski definition) is 1. The van der Waals surface area contributed by atoms with Crippen molar-refractivity contribution in [2.45, 2.75) is 6.54 Å². The van der Waals surface area contributed by atoms with E-state index in [2.05, 4.69) is 14.7 Å². The maximum absolute atomic E-state index is 11.2. The van der Waals surface area contributed by atoms with Gasteiger partial charge in [0.05, 0.1) is 6.54 Å². The Balaban J connectivity index is 2.82. The lowest BCUT2D eigenvalue weighted by Gasteiger charge is -2.04. The minimum atomic E-state index is -0.293. The van der Waals surface area contributed by atoms with Crippen molar-refractivity contribution in [1.82, 2.24) is 15.0 Å². The van der Waals surface area contributed by atoms with Crippen molar-refractivity contribution in [3.63, 3.8) is 0 Å². The first-order valence-corrected chi connectivity index (χ1v) is 3.39. The Bertz CT molecular complexity index is 281. The largest absolute Gasteiger partial charge is 0.342 e. The quantitative estimate of drug-likeness (QED) is 0.630. The Hall–Kier alpha value is -1.43. The topological polar surface area (TPSA) is 85.2 Å². The predicted octanol–water partition coefficient (Wildman–Crippen LogP) is -0.770. The van der Waals surface area contributed by atoms with Crippen LogP contribution in [0.5, 0.6) is 0 Å². The third-order valence-electron chi connectivity index (χ3n) is 1.24. The average Bonchev–Trinajstić information content (AvgIpc) is 2.50. The molecule has 66 valence electrons. The Morgan fingerprint density at radius 2 is 2.33 bits per heavy atom. The Morgan fingerprint density at radius 1 is 1.67 bits per heavy atom. The summed E-state index contributed by atoms with van der Waals surface area (Å²) < 4.78 is 4.65. The first-order valence-electron chi connectivity index (χ1n) is 3.39. The van der Waals surface area contributed by atoms with Crippen molar-refractivity contribution in [3.8, 4) is 0 Å². The number of carbonyl (C=O) groups excluding carboxylic acids is 1. The Labute approximate surface area is 69.3 Å². The smallest absolute Gasteiger partial charge is 0.294 e. The standard InChI is InChI=1S/C6H10N4O2/c1-10(2)6(11)5-8-4(3-7)12-9-5/h3,7H2,1-2H3. The van der Waals surface area contributed by atoms with Gasteiger partial charge in [-0.3, -0.25) is 4.79 Å². The summed E-state index contributed by atoms with van der Waals surface area (Å²) in [6, 6.07) is 0. The Kier molecular flexibility index (Phi) is 2.39. The highest BCUT2D eigenvalue weighted by Gasteiger charge is 2.14. The van der Waals surface area contributed by atoms with Gasteiger partial charge in [0.1, 0.15) is 0 Å². The third kappa shape index (κ3) is 1.59. The number of nitrogens with zero attached hydrogens (tertiary/aromatic N) is 3. The summed E-state index contributed by atoms with van der Waals surface area (Å²) in [6.45, 7) is 0.147. The van der Waals surface area contributed by atoms with E-state index in [0.717, 1.165) is 0 Å². The molecule has 0 saturated carbocycles. The lowest BCUT2D eigenvalue weighted by atomic mass is 10.5. The number of rotatable bonds is 2. The molecule has 1 amide bonds. The summed E-state index contributed by atoms with van der Waals surface area (Å²) in [5.74, 6) is 0.0131. The van der Waals surface area contributed by atoms with Crippen molar-refractivity contribution in [3.05, 3.63) is 11.7 Å². The molecule has 0 aliphatic heterocycles. The number of carbonyl (C=O) groups is 1. The van der Waals surface area contributed by atoms with Crippen molar-refractivity contribution in [2.24, 2.45) is 5.73 Å². The van der Waals surface area contributed by atoms with Crippen LogP contribution in [0, 0.1) is 0 Å². The van der Waals surface area contributed by atoms with Gasteiger partial charge in [-0.1, -0.05) is 5.16 Å². The molecule has 6 nitrogen and oxygen atoms in total. The molecule has 1 rings (SSSR count). The van der Waals surface area contributed by atoms with Gasteiger partial charge >= 0.3 is 0 Å². The minimum absolute atomic E-state index is 0.0421. The highest BCUT2D eigenvalue weighted by molar-refractivity contribution is 5.89. The lowest BCUT2D eigenvalue weighted by molar-refractivity contribution is 0.0812. The van der Waals surface area contributed by atoms with Gasteiger partial charge in [0.15, 0.2) is 0 Å². The van der Waals surface area contributed by atoms with Gasteiger partial charge in [-0.25, -0.2) is 0 Å². The van der Waals surface area contributed by atoms with Crippen LogP contribution in [0.1, 0.15) is 16.5 Å². The second-order valence-corrected chi connectivity index (χ2v) is 2.42. The van der Waals surface area contributed by atoms with Gasteiger partial charge in [0.25, 0.3) is 11.7 Å².